The molecule has 104 valence electrons. The lowest BCUT2D eigenvalue weighted by Crippen LogP contribution is -2.06. The van der Waals surface area contributed by atoms with Gasteiger partial charge in [0.2, 0.25) is 0 Å². The van der Waals surface area contributed by atoms with Gasteiger partial charge in [0.25, 0.3) is 0 Å². The predicted octanol–water partition coefficient (Wildman–Crippen LogP) is 3.17. The van der Waals surface area contributed by atoms with E-state index in [1.165, 1.54) is 0 Å². The summed E-state index contributed by atoms with van der Waals surface area (Å²) in [6, 6.07) is 9.77. The number of halogens is 2. The van der Waals surface area contributed by atoms with E-state index in [2.05, 4.69) is 0 Å². The third kappa shape index (κ3) is 3.78. The summed E-state index contributed by atoms with van der Waals surface area (Å²) < 4.78 is 31.3. The van der Waals surface area contributed by atoms with Crippen LogP contribution in [0.2, 0.25) is 0 Å². The third-order valence-electron chi connectivity index (χ3n) is 2.69. The maximum absolute atomic E-state index is 13.0. The van der Waals surface area contributed by atoms with Crippen molar-refractivity contribution in [1.82, 2.24) is 0 Å². The van der Waals surface area contributed by atoms with Crippen LogP contribution in [0.25, 0.3) is 0 Å². The zero-order valence-electron chi connectivity index (χ0n) is 10.5. The molecular weight excluding hydrogens is 266 g/mol. The van der Waals surface area contributed by atoms with Crippen molar-refractivity contribution in [2.75, 3.05) is 0 Å². The molecule has 0 unspecified atom stereocenters. The minimum Gasteiger partial charge on any atom is -0.489 e. The van der Waals surface area contributed by atoms with Crippen LogP contribution >= 0.6 is 0 Å². The SMILES string of the molecule is O=C(O)Cc1ccccc1COc1cc(F)cc(F)c1. The number of carboxylic acid groups (broad SMARTS) is 1. The summed E-state index contributed by atoms with van der Waals surface area (Å²) in [6.07, 6.45) is -0.128. The van der Waals surface area contributed by atoms with Crippen molar-refractivity contribution in [2.24, 2.45) is 0 Å². The van der Waals surface area contributed by atoms with Crippen LogP contribution in [0.15, 0.2) is 42.5 Å². The molecule has 0 bridgehead atoms. The van der Waals surface area contributed by atoms with E-state index in [4.69, 9.17) is 9.84 Å². The van der Waals surface area contributed by atoms with E-state index in [0.717, 1.165) is 18.2 Å². The fourth-order valence-electron chi connectivity index (χ4n) is 1.81. The molecule has 0 spiro atoms. The second-order valence-electron chi connectivity index (χ2n) is 4.23. The van der Waals surface area contributed by atoms with Crippen LogP contribution in [0.1, 0.15) is 11.1 Å². The van der Waals surface area contributed by atoms with Gasteiger partial charge < -0.3 is 9.84 Å². The third-order valence-corrected chi connectivity index (χ3v) is 2.69. The molecule has 2 aromatic carbocycles. The lowest BCUT2D eigenvalue weighted by atomic mass is 10.1. The van der Waals surface area contributed by atoms with Gasteiger partial charge in [-0.15, -0.1) is 0 Å². The Labute approximate surface area is 114 Å². The summed E-state index contributed by atoms with van der Waals surface area (Å²) in [5.74, 6) is -2.33. The minimum atomic E-state index is -0.950. The summed E-state index contributed by atoms with van der Waals surface area (Å²) in [6.45, 7) is 0.0480. The van der Waals surface area contributed by atoms with E-state index < -0.39 is 17.6 Å². The average Bonchev–Trinajstić information content (AvgIpc) is 2.36. The van der Waals surface area contributed by atoms with E-state index in [-0.39, 0.29) is 18.8 Å². The zero-order chi connectivity index (χ0) is 14.5. The summed E-state index contributed by atoms with van der Waals surface area (Å²) in [4.78, 5) is 10.7. The number of ether oxygens (including phenoxy) is 1. The fourth-order valence-corrected chi connectivity index (χ4v) is 1.81. The van der Waals surface area contributed by atoms with Gasteiger partial charge in [0.15, 0.2) is 0 Å². The van der Waals surface area contributed by atoms with Gasteiger partial charge in [-0.25, -0.2) is 8.78 Å². The van der Waals surface area contributed by atoms with Crippen molar-refractivity contribution in [3.63, 3.8) is 0 Å². The van der Waals surface area contributed by atoms with Crippen LogP contribution in [0.4, 0.5) is 8.78 Å². The maximum atomic E-state index is 13.0. The molecule has 0 atom stereocenters. The molecule has 0 saturated carbocycles. The van der Waals surface area contributed by atoms with Crippen LogP contribution in [0, 0.1) is 11.6 Å². The predicted molar refractivity (Wildman–Crippen MR) is 68.5 cm³/mol. The van der Waals surface area contributed by atoms with Gasteiger partial charge in [-0.3, -0.25) is 4.79 Å². The monoisotopic (exact) mass is 278 g/mol. The van der Waals surface area contributed by atoms with Gasteiger partial charge in [0.1, 0.15) is 24.0 Å². The van der Waals surface area contributed by atoms with Crippen LogP contribution < -0.4 is 4.74 Å². The molecule has 0 aliphatic rings. The molecule has 1 N–H and O–H groups in total. The number of hydrogen-bond donors (Lipinski definition) is 1. The number of carbonyl (C=O) groups is 1. The molecule has 0 heterocycles. The molecule has 20 heavy (non-hydrogen) atoms. The van der Waals surface area contributed by atoms with Gasteiger partial charge in [-0.05, 0) is 11.1 Å². The van der Waals surface area contributed by atoms with Crippen LogP contribution in [0.5, 0.6) is 5.75 Å². The van der Waals surface area contributed by atoms with Crippen molar-refractivity contribution >= 4 is 5.97 Å². The molecule has 0 aromatic heterocycles. The molecule has 3 nitrogen and oxygen atoms in total. The molecule has 0 radical (unpaired) electrons. The van der Waals surface area contributed by atoms with Gasteiger partial charge in [-0.2, -0.15) is 0 Å². The van der Waals surface area contributed by atoms with Gasteiger partial charge in [0, 0.05) is 18.2 Å². The number of hydrogen-bond acceptors (Lipinski definition) is 2. The van der Waals surface area contributed by atoms with Crippen LogP contribution in [-0.2, 0) is 17.8 Å². The van der Waals surface area contributed by atoms with Gasteiger partial charge in [0.05, 0.1) is 6.42 Å². The van der Waals surface area contributed by atoms with Crippen molar-refractivity contribution in [3.8, 4) is 5.75 Å². The molecule has 0 amide bonds. The zero-order valence-corrected chi connectivity index (χ0v) is 10.5. The highest BCUT2D eigenvalue weighted by Gasteiger charge is 2.08. The lowest BCUT2D eigenvalue weighted by molar-refractivity contribution is -0.136. The lowest BCUT2D eigenvalue weighted by Gasteiger charge is -2.10. The molecule has 0 aliphatic carbocycles. The highest BCUT2D eigenvalue weighted by molar-refractivity contribution is 5.70. The number of benzene rings is 2. The minimum absolute atomic E-state index is 0.0480. The van der Waals surface area contributed by atoms with Crippen LogP contribution in [0.3, 0.4) is 0 Å². The first kappa shape index (κ1) is 14.0. The van der Waals surface area contributed by atoms with Crippen molar-refractivity contribution in [2.45, 2.75) is 13.0 Å². The Morgan fingerprint density at radius 2 is 1.65 bits per heavy atom. The molecule has 0 fully saturated rings. The van der Waals surface area contributed by atoms with E-state index in [1.54, 1.807) is 24.3 Å². The standard InChI is InChI=1S/C15H12F2O3/c16-12-6-13(17)8-14(7-12)20-9-11-4-2-1-3-10(11)5-15(18)19/h1-4,6-8H,5,9H2,(H,18,19). The van der Waals surface area contributed by atoms with Crippen molar-refractivity contribution < 1.29 is 23.4 Å². The van der Waals surface area contributed by atoms with Crippen molar-refractivity contribution in [1.29, 1.82) is 0 Å². The fraction of sp³-hybridized carbons (Fsp3) is 0.133. The Morgan fingerprint density at radius 3 is 2.25 bits per heavy atom. The molecule has 0 aliphatic heterocycles. The van der Waals surface area contributed by atoms with E-state index >= 15 is 0 Å². The molecule has 0 saturated heterocycles. The smallest absolute Gasteiger partial charge is 0.307 e. The first-order valence-corrected chi connectivity index (χ1v) is 5.92. The summed E-state index contributed by atoms with van der Waals surface area (Å²) in [7, 11) is 0. The van der Waals surface area contributed by atoms with E-state index in [9.17, 15) is 13.6 Å². The summed E-state index contributed by atoms with van der Waals surface area (Å²) >= 11 is 0. The van der Waals surface area contributed by atoms with E-state index in [0.29, 0.717) is 11.1 Å². The van der Waals surface area contributed by atoms with Crippen molar-refractivity contribution in [3.05, 3.63) is 65.2 Å². The highest BCUT2D eigenvalue weighted by Crippen LogP contribution is 2.18. The maximum Gasteiger partial charge on any atom is 0.307 e. The second kappa shape index (κ2) is 6.14. The highest BCUT2D eigenvalue weighted by atomic mass is 19.1. The van der Waals surface area contributed by atoms with Crippen LogP contribution in [-0.4, -0.2) is 11.1 Å². The summed E-state index contributed by atoms with van der Waals surface area (Å²) in [5, 5.41) is 8.81. The number of aliphatic carboxylic acids is 1. The normalized spacial score (nSPS) is 10.3. The number of carboxylic acids is 1. The Hall–Kier alpha value is -2.43. The molecule has 5 heteroatoms. The average molecular weight is 278 g/mol. The number of rotatable bonds is 5. The Morgan fingerprint density at radius 1 is 1.05 bits per heavy atom. The largest absolute Gasteiger partial charge is 0.489 e. The topological polar surface area (TPSA) is 46.5 Å². The Bertz CT molecular complexity index is 606. The first-order valence-electron chi connectivity index (χ1n) is 5.92. The molecular formula is C15H12F2O3. The van der Waals surface area contributed by atoms with E-state index in [1.807, 2.05) is 0 Å². The quantitative estimate of drug-likeness (QED) is 0.913. The summed E-state index contributed by atoms with van der Waals surface area (Å²) in [5.41, 5.74) is 1.27. The van der Waals surface area contributed by atoms with Gasteiger partial charge in [-0.1, -0.05) is 24.3 Å². The first-order chi connectivity index (χ1) is 9.54. The van der Waals surface area contributed by atoms with Gasteiger partial charge >= 0.3 is 5.97 Å². The Balaban J connectivity index is 2.12. The Kier molecular flexibility index (Phi) is 4.30. The second-order valence-corrected chi connectivity index (χ2v) is 4.23. The molecule has 2 aromatic rings. The molecule has 2 rings (SSSR count).